The molecule has 5 nitrogen and oxygen atoms in total. The second-order valence-electron chi connectivity index (χ2n) is 6.76. The van der Waals surface area contributed by atoms with Crippen LogP contribution in [0.3, 0.4) is 0 Å². The monoisotopic (exact) mass is 448 g/mol. The lowest BCUT2D eigenvalue weighted by molar-refractivity contribution is -0.130. The highest BCUT2D eigenvalue weighted by Gasteiger charge is 2.41. The van der Waals surface area contributed by atoms with Crippen molar-refractivity contribution in [1.29, 1.82) is 0 Å². The van der Waals surface area contributed by atoms with E-state index in [0.29, 0.717) is 31.7 Å². The molecule has 0 bridgehead atoms. The van der Waals surface area contributed by atoms with Crippen molar-refractivity contribution in [2.45, 2.75) is 24.7 Å². The summed E-state index contributed by atoms with van der Waals surface area (Å²) in [6, 6.07) is 13.3. The molecule has 1 aliphatic rings. The molecule has 0 aliphatic carbocycles. The number of nitrogens with one attached hydrogen (secondary N) is 2. The van der Waals surface area contributed by atoms with Crippen molar-refractivity contribution >= 4 is 33.4 Å². The smallest absolute Gasteiger partial charge is 0.230 e. The van der Waals surface area contributed by atoms with Crippen LogP contribution in [0.25, 0.3) is 0 Å². The molecular weight excluding hydrogens is 427 g/mol. The molecule has 148 valence electrons. The summed E-state index contributed by atoms with van der Waals surface area (Å²) in [5, 5.41) is 5.67. The molecule has 2 aromatic carbocycles. The fourth-order valence-corrected chi connectivity index (χ4v) is 3.62. The van der Waals surface area contributed by atoms with E-state index >= 15 is 0 Å². The molecule has 0 spiro atoms. The van der Waals surface area contributed by atoms with E-state index in [4.69, 9.17) is 4.74 Å². The zero-order valence-corrected chi connectivity index (χ0v) is 16.9. The fourth-order valence-electron chi connectivity index (χ4n) is 3.35. The summed E-state index contributed by atoms with van der Waals surface area (Å²) in [5.74, 6) is -0.666. The van der Waals surface area contributed by atoms with Crippen LogP contribution >= 0.6 is 15.9 Å². The minimum atomic E-state index is -0.756. The Bertz CT molecular complexity index is 819. The van der Waals surface area contributed by atoms with Crippen LogP contribution in [0.4, 0.5) is 10.1 Å². The summed E-state index contributed by atoms with van der Waals surface area (Å²) in [6.45, 7) is 1.16. The van der Waals surface area contributed by atoms with Crippen LogP contribution in [-0.2, 0) is 19.7 Å². The number of hydrogen-bond acceptors (Lipinski definition) is 3. The highest BCUT2D eigenvalue weighted by Crippen LogP contribution is 2.35. The van der Waals surface area contributed by atoms with Gasteiger partial charge in [0, 0.05) is 36.3 Å². The normalized spacial score (nSPS) is 15.6. The molecule has 0 aromatic heterocycles. The van der Waals surface area contributed by atoms with Gasteiger partial charge >= 0.3 is 0 Å². The van der Waals surface area contributed by atoms with Gasteiger partial charge in [-0.3, -0.25) is 9.59 Å². The van der Waals surface area contributed by atoms with Gasteiger partial charge in [-0.25, -0.2) is 4.39 Å². The lowest BCUT2D eigenvalue weighted by Crippen LogP contribution is -2.48. The number of amides is 2. The summed E-state index contributed by atoms with van der Waals surface area (Å²) < 4.78 is 19.6. The average molecular weight is 449 g/mol. The molecule has 0 atom stereocenters. The van der Waals surface area contributed by atoms with Gasteiger partial charge in [-0.2, -0.15) is 0 Å². The maximum absolute atomic E-state index is 13.3. The Labute approximate surface area is 171 Å². The third-order valence-electron chi connectivity index (χ3n) is 4.94. The fraction of sp³-hybridized carbons (Fsp3) is 0.333. The molecule has 1 fully saturated rings. The molecule has 2 N–H and O–H groups in total. The van der Waals surface area contributed by atoms with Crippen LogP contribution < -0.4 is 10.6 Å². The number of carbonyl (C=O) groups excluding carboxylic acids is 2. The van der Waals surface area contributed by atoms with Crippen LogP contribution in [0.5, 0.6) is 0 Å². The molecule has 1 aliphatic heterocycles. The molecule has 2 amide bonds. The maximum atomic E-state index is 13.3. The van der Waals surface area contributed by atoms with E-state index in [-0.39, 0.29) is 30.6 Å². The highest BCUT2D eigenvalue weighted by molar-refractivity contribution is 9.10. The molecule has 2 aromatic rings. The number of ether oxygens (including phenoxy) is 1. The van der Waals surface area contributed by atoms with Crippen molar-refractivity contribution in [2.75, 3.05) is 25.1 Å². The molecule has 3 rings (SSSR count). The van der Waals surface area contributed by atoms with Crippen LogP contribution in [0.15, 0.2) is 53.0 Å². The first-order valence-corrected chi connectivity index (χ1v) is 9.96. The van der Waals surface area contributed by atoms with E-state index in [0.717, 1.165) is 10.0 Å². The van der Waals surface area contributed by atoms with E-state index < -0.39 is 5.41 Å². The van der Waals surface area contributed by atoms with Gasteiger partial charge in [-0.05, 0) is 54.8 Å². The van der Waals surface area contributed by atoms with Crippen molar-refractivity contribution < 1.29 is 18.7 Å². The standard InChI is InChI=1S/C21H22BrFN2O3/c22-16-3-7-18(8-4-16)25-19(26)9-12-24-20(27)21(10-13-28-14-11-21)15-1-5-17(23)6-2-15/h1-8H,9-14H2,(H,24,27)(H,25,26). The van der Waals surface area contributed by atoms with Gasteiger partial charge in [0.2, 0.25) is 11.8 Å². The minimum Gasteiger partial charge on any atom is -0.381 e. The van der Waals surface area contributed by atoms with Crippen molar-refractivity contribution in [3.05, 3.63) is 64.4 Å². The summed E-state index contributed by atoms with van der Waals surface area (Å²) in [6.07, 6.45) is 1.21. The second kappa shape index (κ2) is 9.30. The first-order valence-electron chi connectivity index (χ1n) is 9.17. The predicted octanol–water partition coefficient (Wildman–Crippen LogP) is 3.78. The van der Waals surface area contributed by atoms with E-state index in [1.807, 2.05) is 12.1 Å². The number of rotatable bonds is 6. The zero-order chi connectivity index (χ0) is 20.0. The average Bonchev–Trinajstić information content (AvgIpc) is 2.70. The Hall–Kier alpha value is -2.25. The largest absolute Gasteiger partial charge is 0.381 e. The quantitative estimate of drug-likeness (QED) is 0.706. The summed E-state index contributed by atoms with van der Waals surface area (Å²) in [5.41, 5.74) is 0.717. The summed E-state index contributed by atoms with van der Waals surface area (Å²) >= 11 is 3.35. The summed E-state index contributed by atoms with van der Waals surface area (Å²) in [4.78, 5) is 25.1. The van der Waals surface area contributed by atoms with E-state index in [2.05, 4.69) is 26.6 Å². The van der Waals surface area contributed by atoms with Crippen molar-refractivity contribution in [3.63, 3.8) is 0 Å². The Morgan fingerprint density at radius 2 is 1.68 bits per heavy atom. The lowest BCUT2D eigenvalue weighted by atomic mass is 9.73. The third-order valence-corrected chi connectivity index (χ3v) is 5.47. The Morgan fingerprint density at radius 3 is 2.32 bits per heavy atom. The molecule has 28 heavy (non-hydrogen) atoms. The molecule has 7 heteroatoms. The van der Waals surface area contributed by atoms with Crippen molar-refractivity contribution in [2.24, 2.45) is 0 Å². The van der Waals surface area contributed by atoms with Gasteiger partial charge < -0.3 is 15.4 Å². The molecule has 1 heterocycles. The van der Waals surface area contributed by atoms with Crippen molar-refractivity contribution in [1.82, 2.24) is 5.32 Å². The minimum absolute atomic E-state index is 0.154. The number of halogens is 2. The predicted molar refractivity (Wildman–Crippen MR) is 109 cm³/mol. The van der Waals surface area contributed by atoms with Crippen LogP contribution in [0, 0.1) is 5.82 Å². The molecule has 0 unspecified atom stereocenters. The SMILES string of the molecule is O=C(CCNC(=O)C1(c2ccc(F)cc2)CCOCC1)Nc1ccc(Br)cc1. The van der Waals surface area contributed by atoms with Gasteiger partial charge in [0.1, 0.15) is 5.82 Å². The van der Waals surface area contributed by atoms with Gasteiger partial charge in [-0.1, -0.05) is 28.1 Å². The van der Waals surface area contributed by atoms with Crippen LogP contribution in [-0.4, -0.2) is 31.6 Å². The van der Waals surface area contributed by atoms with E-state index in [1.54, 1.807) is 24.3 Å². The highest BCUT2D eigenvalue weighted by atomic mass is 79.9. The molecule has 1 saturated heterocycles. The lowest BCUT2D eigenvalue weighted by Gasteiger charge is -2.36. The second-order valence-corrected chi connectivity index (χ2v) is 7.68. The van der Waals surface area contributed by atoms with E-state index in [1.165, 1.54) is 12.1 Å². The first-order chi connectivity index (χ1) is 13.5. The Morgan fingerprint density at radius 1 is 1.04 bits per heavy atom. The topological polar surface area (TPSA) is 67.4 Å². The van der Waals surface area contributed by atoms with Crippen LogP contribution in [0.2, 0.25) is 0 Å². The first kappa shape index (κ1) is 20.5. The Balaban J connectivity index is 1.58. The molecule has 0 radical (unpaired) electrons. The van der Waals surface area contributed by atoms with Gasteiger partial charge in [-0.15, -0.1) is 0 Å². The number of hydrogen-bond donors (Lipinski definition) is 2. The van der Waals surface area contributed by atoms with E-state index in [9.17, 15) is 14.0 Å². The van der Waals surface area contributed by atoms with Gasteiger partial charge in [0.15, 0.2) is 0 Å². The Kier molecular flexibility index (Phi) is 6.80. The number of anilines is 1. The van der Waals surface area contributed by atoms with Crippen molar-refractivity contribution in [3.8, 4) is 0 Å². The maximum Gasteiger partial charge on any atom is 0.230 e. The molecular formula is C21H22BrFN2O3. The zero-order valence-electron chi connectivity index (χ0n) is 15.3. The molecule has 0 saturated carbocycles. The van der Waals surface area contributed by atoms with Crippen LogP contribution in [0.1, 0.15) is 24.8 Å². The number of carbonyl (C=O) groups is 2. The third kappa shape index (κ3) is 4.97. The number of benzene rings is 2. The van der Waals surface area contributed by atoms with Gasteiger partial charge in [0.25, 0.3) is 0 Å². The van der Waals surface area contributed by atoms with Gasteiger partial charge in [0.05, 0.1) is 5.41 Å². The summed E-state index contributed by atoms with van der Waals surface area (Å²) in [7, 11) is 0.